The van der Waals surface area contributed by atoms with Gasteiger partial charge in [0.05, 0.1) is 5.69 Å². The van der Waals surface area contributed by atoms with E-state index < -0.39 is 0 Å². The number of benzene rings is 2. The molecule has 4 nitrogen and oxygen atoms in total. The summed E-state index contributed by atoms with van der Waals surface area (Å²) >= 11 is 0. The Morgan fingerprint density at radius 2 is 1.78 bits per heavy atom. The molecular formula is C14H14N2O2. The van der Waals surface area contributed by atoms with Crippen molar-refractivity contribution in [2.45, 2.75) is 6.54 Å². The second-order valence-corrected chi connectivity index (χ2v) is 3.87. The molecule has 2 aromatic carbocycles. The van der Waals surface area contributed by atoms with E-state index in [9.17, 15) is 9.90 Å². The topological polar surface area (TPSA) is 75.4 Å². The highest BCUT2D eigenvalue weighted by Gasteiger charge is 2.07. The summed E-state index contributed by atoms with van der Waals surface area (Å²) in [6.07, 6.45) is 0. The molecule has 4 heteroatoms. The number of nitrogens with two attached hydrogens (primary N) is 1. The second-order valence-electron chi connectivity index (χ2n) is 3.87. The molecule has 0 aliphatic carbocycles. The summed E-state index contributed by atoms with van der Waals surface area (Å²) in [4.78, 5) is 11.9. The van der Waals surface area contributed by atoms with Crippen molar-refractivity contribution in [1.82, 2.24) is 0 Å². The van der Waals surface area contributed by atoms with E-state index in [-0.39, 0.29) is 11.7 Å². The molecule has 0 bridgehead atoms. The largest absolute Gasteiger partial charge is 0.506 e. The lowest BCUT2D eigenvalue weighted by Gasteiger charge is -2.07. The Labute approximate surface area is 105 Å². The SMILES string of the molecule is NCc1ccc(C(=O)Nc2ccccc2O)cc1. The fraction of sp³-hybridized carbons (Fsp3) is 0.0714. The predicted octanol–water partition coefficient (Wildman–Crippen LogP) is 2.10. The van der Waals surface area contributed by atoms with Crippen LogP contribution >= 0.6 is 0 Å². The van der Waals surface area contributed by atoms with Crippen molar-refractivity contribution in [3.8, 4) is 5.75 Å². The summed E-state index contributed by atoms with van der Waals surface area (Å²) in [6.45, 7) is 0.446. The minimum absolute atomic E-state index is 0.0458. The normalized spacial score (nSPS) is 10.1. The standard InChI is InChI=1S/C14H14N2O2/c15-9-10-5-7-11(8-6-10)14(18)16-12-3-1-2-4-13(12)17/h1-8,17H,9,15H2,(H,16,18). The molecule has 0 aromatic heterocycles. The Balaban J connectivity index is 2.14. The maximum atomic E-state index is 11.9. The van der Waals surface area contributed by atoms with Crippen molar-refractivity contribution in [1.29, 1.82) is 0 Å². The number of nitrogens with one attached hydrogen (secondary N) is 1. The van der Waals surface area contributed by atoms with E-state index in [4.69, 9.17) is 5.73 Å². The van der Waals surface area contributed by atoms with Crippen LogP contribution in [-0.2, 0) is 6.54 Å². The number of carbonyl (C=O) groups excluding carboxylic acids is 1. The van der Waals surface area contributed by atoms with Gasteiger partial charge in [0, 0.05) is 12.1 Å². The Kier molecular flexibility index (Phi) is 3.60. The van der Waals surface area contributed by atoms with Gasteiger partial charge in [-0.15, -0.1) is 0 Å². The van der Waals surface area contributed by atoms with Gasteiger partial charge in [-0.05, 0) is 29.8 Å². The van der Waals surface area contributed by atoms with Crippen molar-refractivity contribution in [2.75, 3.05) is 5.32 Å². The average molecular weight is 242 g/mol. The molecular weight excluding hydrogens is 228 g/mol. The number of phenols is 1. The summed E-state index contributed by atoms with van der Waals surface area (Å²) in [7, 11) is 0. The first-order chi connectivity index (χ1) is 8.70. The number of anilines is 1. The van der Waals surface area contributed by atoms with E-state index in [0.717, 1.165) is 5.56 Å². The first-order valence-corrected chi connectivity index (χ1v) is 5.59. The minimum Gasteiger partial charge on any atom is -0.506 e. The van der Waals surface area contributed by atoms with Crippen molar-refractivity contribution >= 4 is 11.6 Å². The molecule has 0 spiro atoms. The lowest BCUT2D eigenvalue weighted by atomic mass is 10.1. The molecule has 0 heterocycles. The lowest BCUT2D eigenvalue weighted by Crippen LogP contribution is -2.12. The fourth-order valence-electron chi connectivity index (χ4n) is 1.57. The first-order valence-electron chi connectivity index (χ1n) is 5.59. The van der Waals surface area contributed by atoms with E-state index in [2.05, 4.69) is 5.32 Å². The minimum atomic E-state index is -0.264. The summed E-state index contributed by atoms with van der Waals surface area (Å²) in [5, 5.41) is 12.2. The second kappa shape index (κ2) is 5.33. The molecule has 0 atom stereocenters. The van der Waals surface area contributed by atoms with Gasteiger partial charge in [0.2, 0.25) is 0 Å². The van der Waals surface area contributed by atoms with Crippen LogP contribution in [0.3, 0.4) is 0 Å². The van der Waals surface area contributed by atoms with Crippen molar-refractivity contribution in [3.05, 3.63) is 59.7 Å². The molecule has 2 aromatic rings. The van der Waals surface area contributed by atoms with E-state index in [0.29, 0.717) is 17.8 Å². The number of hydrogen-bond donors (Lipinski definition) is 3. The molecule has 0 saturated carbocycles. The van der Waals surface area contributed by atoms with Crippen molar-refractivity contribution in [3.63, 3.8) is 0 Å². The predicted molar refractivity (Wildman–Crippen MR) is 70.4 cm³/mol. The van der Waals surface area contributed by atoms with Gasteiger partial charge in [-0.25, -0.2) is 0 Å². The van der Waals surface area contributed by atoms with E-state index in [1.807, 2.05) is 0 Å². The third-order valence-electron chi connectivity index (χ3n) is 2.60. The molecule has 2 rings (SSSR count). The maximum absolute atomic E-state index is 11.9. The molecule has 0 fully saturated rings. The van der Waals surface area contributed by atoms with Crippen LogP contribution in [0, 0.1) is 0 Å². The molecule has 4 N–H and O–H groups in total. The van der Waals surface area contributed by atoms with Gasteiger partial charge in [0.1, 0.15) is 5.75 Å². The molecule has 1 amide bonds. The molecule has 18 heavy (non-hydrogen) atoms. The summed E-state index contributed by atoms with van der Waals surface area (Å²) < 4.78 is 0. The number of para-hydroxylation sites is 2. The lowest BCUT2D eigenvalue weighted by molar-refractivity contribution is 0.102. The van der Waals surface area contributed by atoms with Crippen LogP contribution in [0.25, 0.3) is 0 Å². The third kappa shape index (κ3) is 2.67. The van der Waals surface area contributed by atoms with Crippen LogP contribution in [0.5, 0.6) is 5.75 Å². The average Bonchev–Trinajstić information content (AvgIpc) is 2.41. The first kappa shape index (κ1) is 12.1. The van der Waals surface area contributed by atoms with Crippen LogP contribution in [0.1, 0.15) is 15.9 Å². The van der Waals surface area contributed by atoms with Gasteiger partial charge in [0.25, 0.3) is 5.91 Å². The quantitative estimate of drug-likeness (QED) is 0.721. The Morgan fingerprint density at radius 1 is 1.11 bits per heavy atom. The summed E-state index contributed by atoms with van der Waals surface area (Å²) in [5.74, 6) is -0.218. The van der Waals surface area contributed by atoms with Crippen LogP contribution in [0.15, 0.2) is 48.5 Å². The van der Waals surface area contributed by atoms with E-state index in [1.165, 1.54) is 6.07 Å². The van der Waals surface area contributed by atoms with Gasteiger partial charge in [-0.2, -0.15) is 0 Å². The highest BCUT2D eigenvalue weighted by atomic mass is 16.3. The van der Waals surface area contributed by atoms with Gasteiger partial charge >= 0.3 is 0 Å². The van der Waals surface area contributed by atoms with Crippen molar-refractivity contribution in [2.24, 2.45) is 5.73 Å². The third-order valence-corrected chi connectivity index (χ3v) is 2.60. The maximum Gasteiger partial charge on any atom is 0.255 e. The number of hydrogen-bond acceptors (Lipinski definition) is 3. The van der Waals surface area contributed by atoms with Crippen molar-refractivity contribution < 1.29 is 9.90 Å². The zero-order valence-corrected chi connectivity index (χ0v) is 9.76. The number of phenolic OH excluding ortho intramolecular Hbond substituents is 1. The number of aromatic hydroxyl groups is 1. The molecule has 0 aliphatic rings. The van der Waals surface area contributed by atoms with Crippen LogP contribution < -0.4 is 11.1 Å². The Morgan fingerprint density at radius 3 is 2.39 bits per heavy atom. The van der Waals surface area contributed by atoms with Gasteiger partial charge in [0.15, 0.2) is 0 Å². The van der Waals surface area contributed by atoms with Crippen LogP contribution in [0.2, 0.25) is 0 Å². The zero-order chi connectivity index (χ0) is 13.0. The van der Waals surface area contributed by atoms with E-state index in [1.54, 1.807) is 42.5 Å². The van der Waals surface area contributed by atoms with Crippen LogP contribution in [0.4, 0.5) is 5.69 Å². The number of carbonyl (C=O) groups is 1. The Bertz CT molecular complexity index is 550. The highest BCUT2D eigenvalue weighted by molar-refractivity contribution is 6.04. The number of rotatable bonds is 3. The molecule has 0 aliphatic heterocycles. The molecule has 0 saturated heterocycles. The van der Waals surface area contributed by atoms with Gasteiger partial charge in [-0.3, -0.25) is 4.79 Å². The monoisotopic (exact) mass is 242 g/mol. The smallest absolute Gasteiger partial charge is 0.255 e. The molecule has 0 radical (unpaired) electrons. The summed E-state index contributed by atoms with van der Waals surface area (Å²) in [5.41, 5.74) is 7.37. The van der Waals surface area contributed by atoms with E-state index >= 15 is 0 Å². The molecule has 0 unspecified atom stereocenters. The summed E-state index contributed by atoms with van der Waals surface area (Å²) in [6, 6.07) is 13.6. The molecule has 92 valence electrons. The van der Waals surface area contributed by atoms with Gasteiger partial charge in [-0.1, -0.05) is 24.3 Å². The zero-order valence-electron chi connectivity index (χ0n) is 9.76. The van der Waals surface area contributed by atoms with Gasteiger partial charge < -0.3 is 16.2 Å². The number of amides is 1. The Hall–Kier alpha value is -2.33. The highest BCUT2D eigenvalue weighted by Crippen LogP contribution is 2.22. The van der Waals surface area contributed by atoms with Crippen LogP contribution in [-0.4, -0.2) is 11.0 Å². The fourth-order valence-corrected chi connectivity index (χ4v) is 1.57.